The zero-order valence-corrected chi connectivity index (χ0v) is 11.1. The van der Waals surface area contributed by atoms with E-state index in [0.717, 1.165) is 15.6 Å². The molecule has 0 amide bonds. The van der Waals surface area contributed by atoms with E-state index in [0.29, 0.717) is 12.1 Å². The lowest BCUT2D eigenvalue weighted by atomic mass is 10.0. The van der Waals surface area contributed by atoms with Gasteiger partial charge >= 0.3 is 0 Å². The summed E-state index contributed by atoms with van der Waals surface area (Å²) < 4.78 is 0.748. The highest BCUT2D eigenvalue weighted by atomic mass is 79.9. The first-order valence-corrected chi connectivity index (χ1v) is 6.15. The molecule has 2 aromatic rings. The summed E-state index contributed by atoms with van der Waals surface area (Å²) in [7, 11) is 0. The maximum atomic E-state index is 12.1. The Kier molecular flexibility index (Phi) is 3.69. The summed E-state index contributed by atoms with van der Waals surface area (Å²) in [6.07, 6.45) is 2.02. The number of rotatable bonds is 3. The minimum Gasteiger partial charge on any atom is -0.292 e. The van der Waals surface area contributed by atoms with Gasteiger partial charge < -0.3 is 0 Å². The number of aromatic nitrogens is 1. The van der Waals surface area contributed by atoms with Crippen molar-refractivity contribution in [3.05, 3.63) is 63.9 Å². The van der Waals surface area contributed by atoms with Crippen LogP contribution in [0.15, 0.2) is 47.1 Å². The van der Waals surface area contributed by atoms with E-state index < -0.39 is 0 Å². The Balaban J connectivity index is 2.20. The summed E-state index contributed by atoms with van der Waals surface area (Å²) in [5.74, 6) is 0.0306. The van der Waals surface area contributed by atoms with E-state index in [9.17, 15) is 4.79 Å². The minimum atomic E-state index is 0.0306. The van der Waals surface area contributed by atoms with Crippen LogP contribution >= 0.6 is 15.9 Å². The smallest absolute Gasteiger partial charge is 0.186 e. The van der Waals surface area contributed by atoms with Gasteiger partial charge in [0.25, 0.3) is 0 Å². The third-order valence-corrected chi connectivity index (χ3v) is 3.11. The Morgan fingerprint density at radius 1 is 1.29 bits per heavy atom. The van der Waals surface area contributed by atoms with Gasteiger partial charge in [-0.3, -0.25) is 9.78 Å². The van der Waals surface area contributed by atoms with Crippen molar-refractivity contribution in [2.24, 2.45) is 0 Å². The quantitative estimate of drug-likeness (QED) is 0.809. The van der Waals surface area contributed by atoms with E-state index >= 15 is 0 Å². The fourth-order valence-corrected chi connectivity index (χ4v) is 2.16. The first kappa shape index (κ1) is 12.0. The summed E-state index contributed by atoms with van der Waals surface area (Å²) in [6, 6.07) is 11.6. The highest BCUT2D eigenvalue weighted by molar-refractivity contribution is 9.10. The number of ketones is 1. The van der Waals surface area contributed by atoms with E-state index in [1.807, 2.05) is 37.3 Å². The van der Waals surface area contributed by atoms with E-state index in [1.165, 1.54) is 0 Å². The molecule has 0 saturated carbocycles. The number of halogens is 1. The first-order valence-electron chi connectivity index (χ1n) is 5.36. The molecular formula is C14H12BrNO. The summed E-state index contributed by atoms with van der Waals surface area (Å²) in [5.41, 5.74) is 2.68. The Morgan fingerprint density at radius 3 is 2.82 bits per heavy atom. The van der Waals surface area contributed by atoms with Gasteiger partial charge in [0.15, 0.2) is 5.78 Å². The molecule has 1 heterocycles. The maximum absolute atomic E-state index is 12.1. The first-order chi connectivity index (χ1) is 8.16. The van der Waals surface area contributed by atoms with E-state index in [1.54, 1.807) is 12.3 Å². The number of Topliss-reactive ketones (excluding diaryl/α,β-unsaturated/α-hetero) is 1. The average Bonchev–Trinajstić information content (AvgIpc) is 2.29. The molecule has 0 radical (unpaired) electrons. The van der Waals surface area contributed by atoms with Crippen molar-refractivity contribution in [1.82, 2.24) is 4.98 Å². The fraction of sp³-hybridized carbons (Fsp3) is 0.143. The summed E-state index contributed by atoms with van der Waals surface area (Å²) >= 11 is 3.34. The normalized spacial score (nSPS) is 10.2. The molecule has 2 nitrogen and oxygen atoms in total. The predicted octanol–water partition coefficient (Wildman–Crippen LogP) is 3.58. The highest BCUT2D eigenvalue weighted by Crippen LogP contribution is 2.16. The van der Waals surface area contributed by atoms with Gasteiger partial charge in [-0.1, -0.05) is 29.8 Å². The second-order valence-electron chi connectivity index (χ2n) is 3.92. The molecule has 0 N–H and O–H groups in total. The van der Waals surface area contributed by atoms with Gasteiger partial charge in [0.2, 0.25) is 0 Å². The van der Waals surface area contributed by atoms with Crippen LogP contribution < -0.4 is 0 Å². The molecule has 0 unspecified atom stereocenters. The summed E-state index contributed by atoms with van der Waals surface area (Å²) in [6.45, 7) is 2.02. The SMILES string of the molecule is Cc1cccc(CC(=O)c2ncccc2Br)c1. The third-order valence-electron chi connectivity index (χ3n) is 2.47. The van der Waals surface area contributed by atoms with Crippen LogP contribution in [0.4, 0.5) is 0 Å². The molecule has 0 aliphatic carbocycles. The van der Waals surface area contributed by atoms with Crippen LogP contribution in [0.1, 0.15) is 21.6 Å². The lowest BCUT2D eigenvalue weighted by Crippen LogP contribution is -2.06. The van der Waals surface area contributed by atoms with Crippen LogP contribution in [-0.4, -0.2) is 10.8 Å². The molecule has 0 aliphatic rings. The topological polar surface area (TPSA) is 30.0 Å². The van der Waals surface area contributed by atoms with Gasteiger partial charge in [0.05, 0.1) is 0 Å². The Bertz CT molecular complexity index is 551. The van der Waals surface area contributed by atoms with Gasteiger partial charge in [-0.2, -0.15) is 0 Å². The number of carbonyl (C=O) groups is 1. The molecule has 3 heteroatoms. The molecule has 0 saturated heterocycles. The predicted molar refractivity (Wildman–Crippen MR) is 71.2 cm³/mol. The van der Waals surface area contributed by atoms with Crippen LogP contribution in [0.3, 0.4) is 0 Å². The molecular weight excluding hydrogens is 278 g/mol. The number of aryl methyl sites for hydroxylation is 1. The molecule has 0 atom stereocenters. The van der Waals surface area contributed by atoms with Gasteiger partial charge in [-0.15, -0.1) is 0 Å². The van der Waals surface area contributed by atoms with Crippen molar-refractivity contribution >= 4 is 21.7 Å². The molecule has 0 fully saturated rings. The van der Waals surface area contributed by atoms with Crippen LogP contribution in [0.2, 0.25) is 0 Å². The molecule has 86 valence electrons. The van der Waals surface area contributed by atoms with Gasteiger partial charge in [0.1, 0.15) is 5.69 Å². The molecule has 0 aliphatic heterocycles. The lowest BCUT2D eigenvalue weighted by Gasteiger charge is -2.03. The molecule has 17 heavy (non-hydrogen) atoms. The Morgan fingerprint density at radius 2 is 2.12 bits per heavy atom. The number of hydrogen-bond acceptors (Lipinski definition) is 2. The second-order valence-corrected chi connectivity index (χ2v) is 4.78. The third kappa shape index (κ3) is 3.01. The zero-order chi connectivity index (χ0) is 12.3. The standard InChI is InChI=1S/C14H12BrNO/c1-10-4-2-5-11(8-10)9-13(17)14-12(15)6-3-7-16-14/h2-8H,9H2,1H3. The van der Waals surface area contributed by atoms with Crippen molar-refractivity contribution in [3.8, 4) is 0 Å². The Labute approximate surface area is 109 Å². The fourth-order valence-electron chi connectivity index (χ4n) is 1.68. The van der Waals surface area contributed by atoms with Crippen LogP contribution in [-0.2, 0) is 6.42 Å². The second kappa shape index (κ2) is 5.23. The van der Waals surface area contributed by atoms with Gasteiger partial charge in [-0.25, -0.2) is 0 Å². The van der Waals surface area contributed by atoms with E-state index in [-0.39, 0.29) is 5.78 Å². The van der Waals surface area contributed by atoms with Crippen molar-refractivity contribution < 1.29 is 4.79 Å². The van der Waals surface area contributed by atoms with Crippen LogP contribution in [0.25, 0.3) is 0 Å². The molecule has 1 aromatic carbocycles. The van der Waals surface area contributed by atoms with Crippen molar-refractivity contribution in [2.75, 3.05) is 0 Å². The number of nitrogens with zero attached hydrogens (tertiary/aromatic N) is 1. The largest absolute Gasteiger partial charge is 0.292 e. The number of benzene rings is 1. The average molecular weight is 290 g/mol. The van der Waals surface area contributed by atoms with Crippen molar-refractivity contribution in [3.63, 3.8) is 0 Å². The van der Waals surface area contributed by atoms with Crippen molar-refractivity contribution in [2.45, 2.75) is 13.3 Å². The van der Waals surface area contributed by atoms with Gasteiger partial charge in [-0.05, 0) is 40.5 Å². The molecule has 2 rings (SSSR count). The lowest BCUT2D eigenvalue weighted by molar-refractivity contribution is 0.0987. The molecule has 0 spiro atoms. The van der Waals surface area contributed by atoms with Crippen LogP contribution in [0, 0.1) is 6.92 Å². The minimum absolute atomic E-state index is 0.0306. The zero-order valence-electron chi connectivity index (χ0n) is 9.48. The van der Waals surface area contributed by atoms with Crippen LogP contribution in [0.5, 0.6) is 0 Å². The number of pyridine rings is 1. The number of hydrogen-bond donors (Lipinski definition) is 0. The summed E-state index contributed by atoms with van der Waals surface area (Å²) in [5, 5.41) is 0. The molecule has 0 bridgehead atoms. The number of carbonyl (C=O) groups excluding carboxylic acids is 1. The maximum Gasteiger partial charge on any atom is 0.186 e. The van der Waals surface area contributed by atoms with E-state index in [4.69, 9.17) is 0 Å². The van der Waals surface area contributed by atoms with Gasteiger partial charge in [0, 0.05) is 17.1 Å². The highest BCUT2D eigenvalue weighted by Gasteiger charge is 2.11. The Hall–Kier alpha value is -1.48. The monoisotopic (exact) mass is 289 g/mol. The van der Waals surface area contributed by atoms with Crippen molar-refractivity contribution in [1.29, 1.82) is 0 Å². The molecule has 1 aromatic heterocycles. The summed E-state index contributed by atoms with van der Waals surface area (Å²) in [4.78, 5) is 16.2. The van der Waals surface area contributed by atoms with E-state index in [2.05, 4.69) is 20.9 Å².